The molecule has 1 saturated carbocycles. The average molecular weight is 325 g/mol. The molecule has 0 bridgehead atoms. The molecular weight excluding hydrogens is 308 g/mol. The lowest BCUT2D eigenvalue weighted by Gasteiger charge is -2.14. The Morgan fingerprint density at radius 2 is 2.29 bits per heavy atom. The Kier molecular flexibility index (Phi) is 4.63. The number of hydrogen-bond acceptors (Lipinski definition) is 5. The number of rotatable bonds is 7. The van der Waals surface area contributed by atoms with E-state index in [0.717, 1.165) is 17.8 Å². The monoisotopic (exact) mass is 324 g/mol. The van der Waals surface area contributed by atoms with Crippen molar-refractivity contribution in [2.45, 2.75) is 32.0 Å². The number of aromatic nitrogens is 1. The van der Waals surface area contributed by atoms with Crippen molar-refractivity contribution in [2.24, 2.45) is 0 Å². The number of nitrogens with zero attached hydrogens (tertiary/aromatic N) is 1. The number of halogens is 1. The first-order valence-electron chi connectivity index (χ1n) is 6.86. The van der Waals surface area contributed by atoms with E-state index in [4.69, 9.17) is 21.1 Å². The summed E-state index contributed by atoms with van der Waals surface area (Å²) >= 11 is 7.88. The van der Waals surface area contributed by atoms with E-state index in [2.05, 4.69) is 10.3 Å². The number of benzene rings is 1. The molecule has 0 spiro atoms. The molecule has 112 valence electrons. The van der Waals surface area contributed by atoms with Crippen molar-refractivity contribution in [2.75, 3.05) is 7.11 Å². The Labute approximate surface area is 133 Å². The van der Waals surface area contributed by atoms with Gasteiger partial charge in [-0.05, 0) is 30.5 Å². The van der Waals surface area contributed by atoms with Gasteiger partial charge in [0.15, 0.2) is 11.5 Å². The van der Waals surface area contributed by atoms with E-state index < -0.39 is 0 Å². The number of thiazole rings is 1. The second-order valence-electron chi connectivity index (χ2n) is 5.03. The molecule has 1 aliphatic rings. The van der Waals surface area contributed by atoms with E-state index in [1.54, 1.807) is 24.0 Å². The average Bonchev–Trinajstić information content (AvgIpc) is 3.17. The minimum Gasteiger partial charge on any atom is -0.493 e. The highest BCUT2D eigenvalue weighted by Gasteiger charge is 2.20. The lowest BCUT2D eigenvalue weighted by Crippen LogP contribution is -2.15. The molecule has 0 aliphatic heterocycles. The lowest BCUT2D eigenvalue weighted by atomic mass is 10.2. The van der Waals surface area contributed by atoms with E-state index in [-0.39, 0.29) is 0 Å². The van der Waals surface area contributed by atoms with Crippen molar-refractivity contribution in [1.29, 1.82) is 0 Å². The molecule has 0 atom stereocenters. The first-order chi connectivity index (χ1) is 10.3. The maximum absolute atomic E-state index is 6.33. The maximum atomic E-state index is 6.33. The van der Waals surface area contributed by atoms with Crippen LogP contribution in [0.1, 0.15) is 24.1 Å². The van der Waals surface area contributed by atoms with Crippen LogP contribution in [0.2, 0.25) is 5.02 Å². The Bertz CT molecular complexity index is 600. The standard InChI is InChI=1S/C15H17ClN2O2S/c1-19-14-5-10(6-17-11-2-3-11)4-13(16)15(14)20-7-12-8-21-9-18-12/h4-5,8-9,11,17H,2-3,6-7H2,1H3. The SMILES string of the molecule is COc1cc(CNC2CC2)cc(Cl)c1OCc1cscn1. The number of methoxy groups -OCH3 is 1. The van der Waals surface area contributed by atoms with Crippen molar-refractivity contribution in [1.82, 2.24) is 10.3 Å². The highest BCUT2D eigenvalue weighted by Crippen LogP contribution is 2.37. The number of hydrogen-bond donors (Lipinski definition) is 1. The summed E-state index contributed by atoms with van der Waals surface area (Å²) in [6.07, 6.45) is 2.53. The van der Waals surface area contributed by atoms with Crippen molar-refractivity contribution in [3.05, 3.63) is 39.3 Å². The van der Waals surface area contributed by atoms with Crippen LogP contribution in [0.4, 0.5) is 0 Å². The fraction of sp³-hybridized carbons (Fsp3) is 0.400. The van der Waals surface area contributed by atoms with Crippen LogP contribution in [0.25, 0.3) is 0 Å². The van der Waals surface area contributed by atoms with Crippen LogP contribution >= 0.6 is 22.9 Å². The van der Waals surface area contributed by atoms with Gasteiger partial charge in [-0.3, -0.25) is 0 Å². The molecule has 1 fully saturated rings. The third kappa shape index (κ3) is 3.87. The van der Waals surface area contributed by atoms with Gasteiger partial charge in [-0.1, -0.05) is 11.6 Å². The van der Waals surface area contributed by atoms with Gasteiger partial charge in [0.2, 0.25) is 0 Å². The molecule has 6 heteroatoms. The zero-order valence-corrected chi connectivity index (χ0v) is 13.3. The van der Waals surface area contributed by atoms with Crippen molar-refractivity contribution in [3.8, 4) is 11.5 Å². The zero-order valence-electron chi connectivity index (χ0n) is 11.8. The van der Waals surface area contributed by atoms with Crippen LogP contribution in [0.5, 0.6) is 11.5 Å². The fourth-order valence-electron chi connectivity index (χ4n) is 2.02. The van der Waals surface area contributed by atoms with Gasteiger partial charge in [0.05, 0.1) is 23.3 Å². The van der Waals surface area contributed by atoms with Gasteiger partial charge in [0.25, 0.3) is 0 Å². The molecule has 0 unspecified atom stereocenters. The van der Waals surface area contributed by atoms with Gasteiger partial charge in [-0.15, -0.1) is 11.3 Å². The fourth-order valence-corrected chi connectivity index (χ4v) is 2.85. The van der Waals surface area contributed by atoms with E-state index in [1.165, 1.54) is 12.8 Å². The first-order valence-corrected chi connectivity index (χ1v) is 8.18. The Balaban J connectivity index is 1.71. The molecule has 1 heterocycles. The summed E-state index contributed by atoms with van der Waals surface area (Å²) in [6, 6.07) is 4.56. The van der Waals surface area contributed by atoms with Gasteiger partial charge in [0.1, 0.15) is 6.61 Å². The van der Waals surface area contributed by atoms with Crippen molar-refractivity contribution < 1.29 is 9.47 Å². The molecule has 21 heavy (non-hydrogen) atoms. The van der Waals surface area contributed by atoms with E-state index in [9.17, 15) is 0 Å². The molecule has 3 rings (SSSR count). The van der Waals surface area contributed by atoms with E-state index in [0.29, 0.717) is 29.2 Å². The largest absolute Gasteiger partial charge is 0.493 e. The highest BCUT2D eigenvalue weighted by molar-refractivity contribution is 7.07. The summed E-state index contributed by atoms with van der Waals surface area (Å²) in [5.41, 5.74) is 3.77. The van der Waals surface area contributed by atoms with E-state index in [1.807, 2.05) is 17.5 Å². The molecule has 2 aromatic rings. The molecule has 4 nitrogen and oxygen atoms in total. The first kappa shape index (κ1) is 14.6. The van der Waals surface area contributed by atoms with Crippen LogP contribution in [-0.2, 0) is 13.2 Å². The van der Waals surface area contributed by atoms with Crippen LogP contribution in [-0.4, -0.2) is 18.1 Å². The normalized spacial score (nSPS) is 14.2. The Morgan fingerprint density at radius 3 is 2.95 bits per heavy atom. The molecule has 1 N–H and O–H groups in total. The van der Waals surface area contributed by atoms with Crippen LogP contribution in [0, 0.1) is 0 Å². The molecule has 1 aromatic heterocycles. The maximum Gasteiger partial charge on any atom is 0.180 e. The van der Waals surface area contributed by atoms with Gasteiger partial charge >= 0.3 is 0 Å². The van der Waals surface area contributed by atoms with Crippen molar-refractivity contribution in [3.63, 3.8) is 0 Å². The third-order valence-corrected chi connectivity index (χ3v) is 4.23. The number of ether oxygens (including phenoxy) is 2. The quantitative estimate of drug-likeness (QED) is 0.844. The smallest absolute Gasteiger partial charge is 0.180 e. The summed E-state index contributed by atoms with van der Waals surface area (Å²) in [6.45, 7) is 1.19. The minimum absolute atomic E-state index is 0.388. The number of nitrogens with one attached hydrogen (secondary N) is 1. The predicted molar refractivity (Wildman–Crippen MR) is 84.3 cm³/mol. The summed E-state index contributed by atoms with van der Waals surface area (Å²) < 4.78 is 11.2. The van der Waals surface area contributed by atoms with E-state index >= 15 is 0 Å². The Morgan fingerprint density at radius 1 is 1.43 bits per heavy atom. The molecule has 1 aliphatic carbocycles. The summed E-state index contributed by atoms with van der Waals surface area (Å²) in [7, 11) is 1.62. The van der Waals surface area contributed by atoms with Crippen LogP contribution in [0.3, 0.4) is 0 Å². The zero-order chi connectivity index (χ0) is 14.7. The summed E-state index contributed by atoms with van der Waals surface area (Å²) in [5.74, 6) is 1.23. The van der Waals surface area contributed by atoms with Gasteiger partial charge in [0, 0.05) is 18.0 Å². The minimum atomic E-state index is 0.388. The predicted octanol–water partition coefficient (Wildman–Crippen LogP) is 3.64. The van der Waals surface area contributed by atoms with Gasteiger partial charge < -0.3 is 14.8 Å². The second-order valence-corrected chi connectivity index (χ2v) is 6.16. The van der Waals surface area contributed by atoms with Crippen molar-refractivity contribution >= 4 is 22.9 Å². The molecule has 0 amide bonds. The highest BCUT2D eigenvalue weighted by atomic mass is 35.5. The molecule has 0 saturated heterocycles. The lowest BCUT2D eigenvalue weighted by molar-refractivity contribution is 0.281. The molecule has 1 aromatic carbocycles. The summed E-state index contributed by atoms with van der Waals surface area (Å²) in [4.78, 5) is 4.19. The third-order valence-electron chi connectivity index (χ3n) is 3.31. The van der Waals surface area contributed by atoms with Gasteiger partial charge in [-0.2, -0.15) is 0 Å². The molecule has 0 radical (unpaired) electrons. The summed E-state index contributed by atoms with van der Waals surface area (Å²) in [5, 5.41) is 5.98. The second kappa shape index (κ2) is 6.64. The van der Waals surface area contributed by atoms with Gasteiger partial charge in [-0.25, -0.2) is 4.98 Å². The Hall–Kier alpha value is -1.30. The van der Waals surface area contributed by atoms with Crippen LogP contribution < -0.4 is 14.8 Å². The van der Waals surface area contributed by atoms with Crippen LogP contribution in [0.15, 0.2) is 23.0 Å². The topological polar surface area (TPSA) is 43.4 Å². The molecular formula is C15H17ClN2O2S.